The first-order chi connectivity index (χ1) is 12.0. The maximum atomic E-state index is 13.2. The van der Waals surface area contributed by atoms with E-state index in [0.717, 1.165) is 11.3 Å². The number of aryl methyl sites for hydroxylation is 1. The number of rotatable bonds is 4. The summed E-state index contributed by atoms with van der Waals surface area (Å²) in [4.78, 5) is 17.2. The number of carbonyl (C=O) groups excluding carboxylic acids is 1. The second kappa shape index (κ2) is 5.95. The van der Waals surface area contributed by atoms with Crippen LogP contribution in [-0.2, 0) is 0 Å². The lowest BCUT2D eigenvalue weighted by Crippen LogP contribution is -2.34. The molecule has 0 spiro atoms. The molecule has 0 saturated heterocycles. The molecule has 4 rings (SSSR count). The summed E-state index contributed by atoms with van der Waals surface area (Å²) in [5.74, 6) is 0.132. The highest BCUT2D eigenvalue weighted by Gasteiger charge is 2.29. The highest BCUT2D eigenvalue weighted by molar-refractivity contribution is 6.00. The van der Waals surface area contributed by atoms with E-state index < -0.39 is 0 Å². The number of fused-ring (bicyclic) bond motifs is 1. The van der Waals surface area contributed by atoms with Crippen LogP contribution in [0.15, 0.2) is 36.5 Å². The van der Waals surface area contributed by atoms with Crippen molar-refractivity contribution in [2.45, 2.75) is 32.7 Å². The van der Waals surface area contributed by atoms with Gasteiger partial charge in [-0.1, -0.05) is 0 Å². The number of nitrogens with zero attached hydrogens (tertiary/aromatic N) is 3. The minimum Gasteiger partial charge on any atom is -0.349 e. The largest absolute Gasteiger partial charge is 0.349 e. The van der Waals surface area contributed by atoms with Crippen molar-refractivity contribution in [3.05, 3.63) is 53.6 Å². The molecule has 0 radical (unpaired) electrons. The molecule has 1 aromatic carbocycles. The Morgan fingerprint density at radius 2 is 2.04 bits per heavy atom. The number of nitrogens with one attached hydrogen (secondary N) is 1. The molecule has 25 heavy (non-hydrogen) atoms. The molecule has 1 aliphatic carbocycles. The van der Waals surface area contributed by atoms with Crippen LogP contribution in [0.3, 0.4) is 0 Å². The molecule has 1 atom stereocenters. The molecule has 1 fully saturated rings. The Morgan fingerprint density at radius 3 is 2.72 bits per heavy atom. The fourth-order valence-corrected chi connectivity index (χ4v) is 3.04. The van der Waals surface area contributed by atoms with Crippen molar-refractivity contribution in [2.24, 2.45) is 5.92 Å². The van der Waals surface area contributed by atoms with Crippen LogP contribution in [0.1, 0.15) is 35.8 Å². The fraction of sp³-hybridized carbons (Fsp3) is 0.316. The van der Waals surface area contributed by atoms with E-state index in [-0.39, 0.29) is 17.8 Å². The van der Waals surface area contributed by atoms with Gasteiger partial charge in [0.1, 0.15) is 11.4 Å². The third-order valence-corrected chi connectivity index (χ3v) is 4.72. The van der Waals surface area contributed by atoms with Crippen molar-refractivity contribution in [1.29, 1.82) is 0 Å². The predicted molar refractivity (Wildman–Crippen MR) is 92.8 cm³/mol. The molecule has 1 saturated carbocycles. The smallest absolute Gasteiger partial charge is 0.256 e. The van der Waals surface area contributed by atoms with Gasteiger partial charge in [0.05, 0.1) is 11.9 Å². The zero-order chi connectivity index (χ0) is 17.6. The molecule has 1 aliphatic rings. The Balaban J connectivity index is 1.73. The van der Waals surface area contributed by atoms with Gasteiger partial charge in [-0.05, 0) is 62.9 Å². The second-order valence-electron chi connectivity index (χ2n) is 6.68. The third kappa shape index (κ3) is 2.99. The summed E-state index contributed by atoms with van der Waals surface area (Å²) in [7, 11) is 0. The average molecular weight is 338 g/mol. The molecule has 5 nitrogen and oxygen atoms in total. The van der Waals surface area contributed by atoms with Crippen molar-refractivity contribution in [3.8, 4) is 11.3 Å². The molecule has 128 valence electrons. The lowest BCUT2D eigenvalue weighted by atomic mass is 10.1. The van der Waals surface area contributed by atoms with Gasteiger partial charge in [0, 0.05) is 17.3 Å². The molecule has 1 N–H and O–H groups in total. The van der Waals surface area contributed by atoms with Crippen molar-refractivity contribution >= 4 is 11.6 Å². The standard InChI is InChI=1S/C19H19FN4O/c1-11-9-17(14-5-7-15(20)8-6-14)23-18-16(10-21-24(11)18)19(25)22-12(2)13-3-4-13/h5-10,12-13H,3-4H2,1-2H3,(H,22,25). The maximum absolute atomic E-state index is 13.2. The van der Waals surface area contributed by atoms with Crippen LogP contribution in [-0.4, -0.2) is 26.5 Å². The first-order valence-electron chi connectivity index (χ1n) is 8.45. The minimum absolute atomic E-state index is 0.155. The lowest BCUT2D eigenvalue weighted by Gasteiger charge is -2.12. The van der Waals surface area contributed by atoms with Gasteiger partial charge >= 0.3 is 0 Å². The first kappa shape index (κ1) is 15.7. The van der Waals surface area contributed by atoms with Gasteiger partial charge in [0.15, 0.2) is 5.65 Å². The number of carbonyl (C=O) groups is 1. The van der Waals surface area contributed by atoms with Crippen LogP contribution in [0.4, 0.5) is 4.39 Å². The Morgan fingerprint density at radius 1 is 1.32 bits per heavy atom. The summed E-state index contributed by atoms with van der Waals surface area (Å²) in [6.07, 6.45) is 3.89. The number of halogens is 1. The summed E-state index contributed by atoms with van der Waals surface area (Å²) >= 11 is 0. The van der Waals surface area contributed by atoms with E-state index in [0.29, 0.717) is 22.8 Å². The normalized spacial score (nSPS) is 15.3. The summed E-state index contributed by atoms with van der Waals surface area (Å²) in [6.45, 7) is 3.94. The van der Waals surface area contributed by atoms with Gasteiger partial charge in [-0.25, -0.2) is 13.9 Å². The SMILES string of the molecule is Cc1cc(-c2ccc(F)cc2)nc2c(C(=O)NC(C)C3CC3)cnn12. The number of hydrogen-bond donors (Lipinski definition) is 1. The Kier molecular flexibility index (Phi) is 3.75. The molecule has 1 amide bonds. The summed E-state index contributed by atoms with van der Waals surface area (Å²) in [5.41, 5.74) is 3.32. The highest BCUT2D eigenvalue weighted by Crippen LogP contribution is 2.32. The van der Waals surface area contributed by atoms with Crippen LogP contribution < -0.4 is 5.32 Å². The van der Waals surface area contributed by atoms with E-state index in [2.05, 4.69) is 15.4 Å². The van der Waals surface area contributed by atoms with Crippen molar-refractivity contribution < 1.29 is 9.18 Å². The van der Waals surface area contributed by atoms with Crippen molar-refractivity contribution in [2.75, 3.05) is 0 Å². The third-order valence-electron chi connectivity index (χ3n) is 4.72. The molecule has 6 heteroatoms. The van der Waals surface area contributed by atoms with E-state index in [1.54, 1.807) is 22.8 Å². The van der Waals surface area contributed by atoms with Gasteiger partial charge in [0.2, 0.25) is 0 Å². The van der Waals surface area contributed by atoms with E-state index in [1.165, 1.54) is 25.0 Å². The summed E-state index contributed by atoms with van der Waals surface area (Å²) in [6, 6.07) is 8.19. The zero-order valence-electron chi connectivity index (χ0n) is 14.2. The number of benzene rings is 1. The van der Waals surface area contributed by atoms with Crippen LogP contribution in [0.2, 0.25) is 0 Å². The minimum atomic E-state index is -0.292. The number of amides is 1. The van der Waals surface area contributed by atoms with Crippen LogP contribution in [0.25, 0.3) is 16.9 Å². The second-order valence-corrected chi connectivity index (χ2v) is 6.68. The van der Waals surface area contributed by atoms with Crippen LogP contribution >= 0.6 is 0 Å². The first-order valence-corrected chi connectivity index (χ1v) is 8.45. The van der Waals surface area contributed by atoms with Gasteiger partial charge < -0.3 is 5.32 Å². The Hall–Kier alpha value is -2.76. The molecule has 2 heterocycles. The molecule has 2 aromatic heterocycles. The topological polar surface area (TPSA) is 59.3 Å². The van der Waals surface area contributed by atoms with E-state index in [9.17, 15) is 9.18 Å². The molecule has 0 bridgehead atoms. The Labute approximate surface area is 144 Å². The van der Waals surface area contributed by atoms with E-state index in [4.69, 9.17) is 0 Å². The fourth-order valence-electron chi connectivity index (χ4n) is 3.04. The predicted octanol–water partition coefficient (Wildman–Crippen LogP) is 3.37. The highest BCUT2D eigenvalue weighted by atomic mass is 19.1. The molecular weight excluding hydrogens is 319 g/mol. The lowest BCUT2D eigenvalue weighted by molar-refractivity contribution is 0.0937. The monoisotopic (exact) mass is 338 g/mol. The quantitative estimate of drug-likeness (QED) is 0.793. The summed E-state index contributed by atoms with van der Waals surface area (Å²) in [5, 5.41) is 7.33. The van der Waals surface area contributed by atoms with Crippen molar-refractivity contribution in [3.63, 3.8) is 0 Å². The van der Waals surface area contributed by atoms with Gasteiger partial charge in [-0.3, -0.25) is 4.79 Å². The van der Waals surface area contributed by atoms with Crippen molar-refractivity contribution in [1.82, 2.24) is 19.9 Å². The van der Waals surface area contributed by atoms with Crippen LogP contribution in [0, 0.1) is 18.7 Å². The zero-order valence-corrected chi connectivity index (χ0v) is 14.2. The number of aromatic nitrogens is 3. The maximum Gasteiger partial charge on any atom is 0.256 e. The summed E-state index contributed by atoms with van der Waals surface area (Å²) < 4.78 is 14.8. The molecule has 1 unspecified atom stereocenters. The van der Waals surface area contributed by atoms with E-state index in [1.807, 2.05) is 19.9 Å². The average Bonchev–Trinajstić information content (AvgIpc) is 3.35. The van der Waals surface area contributed by atoms with Gasteiger partial charge in [0.25, 0.3) is 5.91 Å². The molecule has 3 aromatic rings. The van der Waals surface area contributed by atoms with E-state index >= 15 is 0 Å². The molecule has 0 aliphatic heterocycles. The van der Waals surface area contributed by atoms with Crippen LogP contribution in [0.5, 0.6) is 0 Å². The Bertz CT molecular complexity index is 944. The molecular formula is C19H19FN4O. The van der Waals surface area contributed by atoms with Gasteiger partial charge in [-0.15, -0.1) is 0 Å². The number of hydrogen-bond acceptors (Lipinski definition) is 3. The van der Waals surface area contributed by atoms with Gasteiger partial charge in [-0.2, -0.15) is 5.10 Å².